The molecule has 4 heteroatoms. The van der Waals surface area contributed by atoms with E-state index in [4.69, 9.17) is 4.74 Å². The van der Waals surface area contributed by atoms with E-state index in [9.17, 15) is 4.79 Å². The van der Waals surface area contributed by atoms with Gasteiger partial charge in [0.1, 0.15) is 5.75 Å². The number of amides is 1. The minimum absolute atomic E-state index is 0.0787. The van der Waals surface area contributed by atoms with E-state index in [1.807, 2.05) is 18.2 Å². The van der Waals surface area contributed by atoms with Crippen LogP contribution in [0.5, 0.6) is 5.75 Å². The standard InChI is InChI=1S/C19H28N2O2/c1-21(15-8-4-2-3-5-9-15)14-19(22)20-17-12-13-23-18-11-7-6-10-16(17)18/h6-7,10-11,15,17H,2-5,8-9,12-14H2,1H3,(H,20,22). The molecule has 23 heavy (non-hydrogen) atoms. The van der Waals surface area contributed by atoms with Crippen LogP contribution in [0.3, 0.4) is 0 Å². The molecule has 0 spiro atoms. The number of benzene rings is 1. The third-order valence-corrected chi connectivity index (χ3v) is 5.13. The quantitative estimate of drug-likeness (QED) is 0.867. The average molecular weight is 316 g/mol. The number of rotatable bonds is 4. The summed E-state index contributed by atoms with van der Waals surface area (Å²) in [5.74, 6) is 1.03. The van der Waals surface area contributed by atoms with Gasteiger partial charge >= 0.3 is 0 Å². The fraction of sp³-hybridized carbons (Fsp3) is 0.632. The van der Waals surface area contributed by atoms with Gasteiger partial charge in [0.2, 0.25) is 5.91 Å². The Balaban J connectivity index is 1.55. The van der Waals surface area contributed by atoms with Crippen LogP contribution in [0.15, 0.2) is 24.3 Å². The summed E-state index contributed by atoms with van der Waals surface area (Å²) in [5, 5.41) is 3.20. The van der Waals surface area contributed by atoms with Gasteiger partial charge in [-0.25, -0.2) is 0 Å². The Hall–Kier alpha value is -1.55. The summed E-state index contributed by atoms with van der Waals surface area (Å²) in [4.78, 5) is 14.7. The lowest BCUT2D eigenvalue weighted by atomic mass is 10.0. The first kappa shape index (κ1) is 16.3. The second-order valence-electron chi connectivity index (χ2n) is 6.86. The Labute approximate surface area is 139 Å². The largest absolute Gasteiger partial charge is 0.493 e. The van der Waals surface area contributed by atoms with E-state index < -0.39 is 0 Å². The van der Waals surface area contributed by atoms with E-state index in [0.29, 0.717) is 19.2 Å². The fourth-order valence-electron chi connectivity index (χ4n) is 3.79. The van der Waals surface area contributed by atoms with Gasteiger partial charge < -0.3 is 10.1 Å². The van der Waals surface area contributed by atoms with Gasteiger partial charge in [0.15, 0.2) is 0 Å². The zero-order valence-corrected chi connectivity index (χ0v) is 14.1. The second-order valence-corrected chi connectivity index (χ2v) is 6.86. The van der Waals surface area contributed by atoms with Crippen LogP contribution >= 0.6 is 0 Å². The summed E-state index contributed by atoms with van der Waals surface area (Å²) in [6, 6.07) is 8.65. The smallest absolute Gasteiger partial charge is 0.234 e. The van der Waals surface area contributed by atoms with Crippen LogP contribution in [-0.4, -0.2) is 37.0 Å². The lowest BCUT2D eigenvalue weighted by Gasteiger charge is -2.29. The molecule has 1 aliphatic heterocycles. The van der Waals surface area contributed by atoms with Gasteiger partial charge in [-0.05, 0) is 26.0 Å². The van der Waals surface area contributed by atoms with Gasteiger partial charge in [0, 0.05) is 18.0 Å². The van der Waals surface area contributed by atoms with Crippen molar-refractivity contribution >= 4 is 5.91 Å². The van der Waals surface area contributed by atoms with Crippen molar-refractivity contribution in [1.82, 2.24) is 10.2 Å². The molecule has 0 bridgehead atoms. The molecular weight excluding hydrogens is 288 g/mol. The minimum atomic E-state index is 0.0787. The topological polar surface area (TPSA) is 41.6 Å². The van der Waals surface area contributed by atoms with Gasteiger partial charge in [-0.2, -0.15) is 0 Å². The predicted molar refractivity (Wildman–Crippen MR) is 91.6 cm³/mol. The number of ether oxygens (including phenoxy) is 1. The Morgan fingerprint density at radius 3 is 2.70 bits per heavy atom. The molecule has 0 aromatic heterocycles. The van der Waals surface area contributed by atoms with E-state index in [2.05, 4.69) is 23.3 Å². The molecule has 1 amide bonds. The van der Waals surface area contributed by atoms with Crippen molar-refractivity contribution in [2.24, 2.45) is 0 Å². The zero-order chi connectivity index (χ0) is 16.1. The maximum Gasteiger partial charge on any atom is 0.234 e. The number of likely N-dealkylation sites (N-methyl/N-ethyl adjacent to an activating group) is 1. The maximum absolute atomic E-state index is 12.5. The van der Waals surface area contributed by atoms with Crippen LogP contribution in [0.1, 0.15) is 56.6 Å². The molecule has 1 N–H and O–H groups in total. The van der Waals surface area contributed by atoms with Crippen molar-refractivity contribution in [3.63, 3.8) is 0 Å². The van der Waals surface area contributed by atoms with Crippen LogP contribution in [0, 0.1) is 0 Å². The molecule has 1 unspecified atom stereocenters. The zero-order valence-electron chi connectivity index (χ0n) is 14.1. The number of fused-ring (bicyclic) bond motifs is 1. The monoisotopic (exact) mass is 316 g/mol. The third kappa shape index (κ3) is 4.25. The number of hydrogen-bond donors (Lipinski definition) is 1. The van der Waals surface area contributed by atoms with Crippen molar-refractivity contribution < 1.29 is 9.53 Å². The first-order valence-electron chi connectivity index (χ1n) is 8.95. The van der Waals surface area contributed by atoms with Crippen molar-refractivity contribution in [1.29, 1.82) is 0 Å². The fourth-order valence-corrected chi connectivity index (χ4v) is 3.79. The van der Waals surface area contributed by atoms with Crippen LogP contribution in [0.4, 0.5) is 0 Å². The lowest BCUT2D eigenvalue weighted by molar-refractivity contribution is -0.123. The summed E-state index contributed by atoms with van der Waals surface area (Å²) in [6.07, 6.45) is 8.57. The Bertz CT molecular complexity index is 524. The first-order chi connectivity index (χ1) is 11.2. The van der Waals surface area contributed by atoms with E-state index in [1.54, 1.807) is 0 Å². The Morgan fingerprint density at radius 1 is 1.17 bits per heavy atom. The molecule has 1 aliphatic carbocycles. The van der Waals surface area contributed by atoms with Crippen molar-refractivity contribution in [3.05, 3.63) is 29.8 Å². The van der Waals surface area contributed by atoms with Gasteiger partial charge in [-0.1, -0.05) is 43.9 Å². The molecule has 1 fully saturated rings. The Morgan fingerprint density at radius 2 is 1.91 bits per heavy atom. The molecule has 1 atom stereocenters. The number of carbonyl (C=O) groups excluding carboxylic acids is 1. The van der Waals surface area contributed by atoms with Gasteiger partial charge in [-0.3, -0.25) is 9.69 Å². The lowest BCUT2D eigenvalue weighted by Crippen LogP contribution is -2.42. The summed E-state index contributed by atoms with van der Waals surface area (Å²) in [6.45, 7) is 1.16. The maximum atomic E-state index is 12.5. The van der Waals surface area contributed by atoms with E-state index >= 15 is 0 Å². The van der Waals surface area contributed by atoms with E-state index in [-0.39, 0.29) is 11.9 Å². The number of nitrogens with one attached hydrogen (secondary N) is 1. The van der Waals surface area contributed by atoms with Gasteiger partial charge in [0.25, 0.3) is 0 Å². The molecule has 126 valence electrons. The molecule has 4 nitrogen and oxygen atoms in total. The van der Waals surface area contributed by atoms with Crippen LogP contribution < -0.4 is 10.1 Å². The van der Waals surface area contributed by atoms with Crippen LogP contribution in [0.2, 0.25) is 0 Å². The average Bonchev–Trinajstić information content (AvgIpc) is 2.84. The summed E-state index contributed by atoms with van der Waals surface area (Å²) in [5.41, 5.74) is 1.10. The van der Waals surface area contributed by atoms with Crippen LogP contribution in [0.25, 0.3) is 0 Å². The molecule has 1 saturated carbocycles. The molecule has 3 rings (SSSR count). The number of nitrogens with zero attached hydrogens (tertiary/aromatic N) is 1. The molecular formula is C19H28N2O2. The summed E-state index contributed by atoms with van der Waals surface area (Å²) >= 11 is 0. The van der Waals surface area contributed by atoms with Crippen molar-refractivity contribution in [2.75, 3.05) is 20.2 Å². The Kier molecular flexibility index (Phi) is 5.55. The highest BCUT2D eigenvalue weighted by atomic mass is 16.5. The highest BCUT2D eigenvalue weighted by molar-refractivity contribution is 5.78. The normalized spacial score (nSPS) is 22.1. The minimum Gasteiger partial charge on any atom is -0.493 e. The summed E-state index contributed by atoms with van der Waals surface area (Å²) < 4.78 is 5.66. The molecule has 0 radical (unpaired) electrons. The van der Waals surface area contributed by atoms with Gasteiger partial charge in [-0.15, -0.1) is 0 Å². The number of hydrogen-bond acceptors (Lipinski definition) is 3. The molecule has 1 aromatic carbocycles. The summed E-state index contributed by atoms with van der Waals surface area (Å²) in [7, 11) is 2.09. The highest BCUT2D eigenvalue weighted by Crippen LogP contribution is 2.31. The SMILES string of the molecule is CN(CC(=O)NC1CCOc2ccccc21)C1CCCCCC1. The molecule has 0 saturated heterocycles. The molecule has 1 aromatic rings. The second kappa shape index (κ2) is 7.82. The van der Waals surface area contributed by atoms with Crippen molar-refractivity contribution in [3.8, 4) is 5.75 Å². The van der Waals surface area contributed by atoms with Crippen molar-refractivity contribution in [2.45, 2.75) is 57.0 Å². The predicted octanol–water partition coefficient (Wildman–Crippen LogP) is 3.28. The number of carbonyl (C=O) groups is 1. The van der Waals surface area contributed by atoms with Crippen LogP contribution in [-0.2, 0) is 4.79 Å². The van der Waals surface area contributed by atoms with Gasteiger partial charge in [0.05, 0.1) is 19.2 Å². The third-order valence-electron chi connectivity index (χ3n) is 5.13. The van der Waals surface area contributed by atoms with E-state index in [1.165, 1.54) is 38.5 Å². The molecule has 2 aliphatic rings. The van der Waals surface area contributed by atoms with E-state index in [0.717, 1.165) is 17.7 Å². The molecule has 1 heterocycles. The highest BCUT2D eigenvalue weighted by Gasteiger charge is 2.24. The first-order valence-corrected chi connectivity index (χ1v) is 8.95. The number of para-hydroxylation sites is 1.